The molecule has 12 nitrogen and oxygen atoms in total. The molecule has 14 heteroatoms. The van der Waals surface area contributed by atoms with Crippen molar-refractivity contribution in [2.24, 2.45) is 0 Å². The van der Waals surface area contributed by atoms with Crippen molar-refractivity contribution in [3.8, 4) is 23.0 Å². The lowest BCUT2D eigenvalue weighted by molar-refractivity contribution is 0.0972. The Hall–Kier alpha value is -3.20. The zero-order chi connectivity index (χ0) is 21.3. The van der Waals surface area contributed by atoms with E-state index in [0.717, 1.165) is 0 Å². The van der Waals surface area contributed by atoms with Crippen molar-refractivity contribution in [2.75, 3.05) is 0 Å². The van der Waals surface area contributed by atoms with Gasteiger partial charge in [-0.3, -0.25) is 18.7 Å². The van der Waals surface area contributed by atoms with E-state index in [1.54, 1.807) is 0 Å². The molecule has 0 bridgehead atoms. The molecule has 6 N–H and O–H groups in total. The molecule has 1 aliphatic carbocycles. The molecule has 0 amide bonds. The summed E-state index contributed by atoms with van der Waals surface area (Å²) in [5, 5.41) is 39.4. The minimum absolute atomic E-state index is 0.361. The van der Waals surface area contributed by atoms with Crippen molar-refractivity contribution in [1.82, 2.24) is 0 Å². The number of rotatable bonds is 2. The predicted octanol–water partition coefficient (Wildman–Crippen LogP) is -0.222. The maximum Gasteiger partial charge on any atom is 0.298 e. The fourth-order valence-corrected chi connectivity index (χ4v) is 3.97. The highest BCUT2D eigenvalue weighted by Crippen LogP contribution is 2.47. The Balaban J connectivity index is 2.47. The van der Waals surface area contributed by atoms with Crippen LogP contribution in [-0.2, 0) is 20.2 Å². The van der Waals surface area contributed by atoms with Gasteiger partial charge in [-0.25, -0.2) is 0 Å². The maximum atomic E-state index is 12.6. The average Bonchev–Trinajstić information content (AvgIpc) is 2.55. The third-order valence-electron chi connectivity index (χ3n) is 3.98. The Morgan fingerprint density at radius 2 is 0.893 bits per heavy atom. The number of carbonyl (C=O) groups excluding carboxylic acids is 2. The summed E-state index contributed by atoms with van der Waals surface area (Å²) >= 11 is 0. The molecule has 2 aromatic carbocycles. The molecule has 2 aromatic rings. The molecule has 0 spiro atoms. The second-order valence-electron chi connectivity index (χ2n) is 5.60. The molecule has 0 aromatic heterocycles. The molecule has 0 atom stereocenters. The van der Waals surface area contributed by atoms with E-state index < -0.39 is 86.8 Å². The minimum Gasteiger partial charge on any atom is -0.504 e. The van der Waals surface area contributed by atoms with E-state index in [1.165, 1.54) is 0 Å². The predicted molar refractivity (Wildman–Crippen MR) is 86.0 cm³/mol. The summed E-state index contributed by atoms with van der Waals surface area (Å²) in [5.41, 5.74) is -3.63. The molecule has 0 saturated heterocycles. The van der Waals surface area contributed by atoms with E-state index in [-0.39, 0.29) is 0 Å². The van der Waals surface area contributed by atoms with E-state index in [9.17, 15) is 46.9 Å². The number of aromatic hydroxyl groups is 4. The highest BCUT2D eigenvalue weighted by Gasteiger charge is 2.40. The van der Waals surface area contributed by atoms with Crippen molar-refractivity contribution < 1.29 is 56.0 Å². The van der Waals surface area contributed by atoms with Crippen LogP contribution in [0.4, 0.5) is 0 Å². The summed E-state index contributed by atoms with van der Waals surface area (Å²) in [6, 6.07) is 0.722. The van der Waals surface area contributed by atoms with Gasteiger partial charge in [-0.1, -0.05) is 0 Å². The molecule has 0 unspecified atom stereocenters. The summed E-state index contributed by atoms with van der Waals surface area (Å²) < 4.78 is 63.4. The highest BCUT2D eigenvalue weighted by molar-refractivity contribution is 7.86. The lowest BCUT2D eigenvalue weighted by Gasteiger charge is -2.21. The van der Waals surface area contributed by atoms with Gasteiger partial charge in [-0.15, -0.1) is 0 Å². The number of carbonyl (C=O) groups is 2. The summed E-state index contributed by atoms with van der Waals surface area (Å²) in [7, 11) is -10.3. The number of ketones is 2. The summed E-state index contributed by atoms with van der Waals surface area (Å²) in [6.07, 6.45) is 0. The van der Waals surface area contributed by atoms with Crippen LogP contribution >= 0.6 is 0 Å². The topological polar surface area (TPSA) is 224 Å². The fraction of sp³-hybridized carbons (Fsp3) is 0. The van der Waals surface area contributed by atoms with Gasteiger partial charge in [0.15, 0.2) is 28.8 Å². The number of phenols is 4. The lowest BCUT2D eigenvalue weighted by atomic mass is 9.82. The van der Waals surface area contributed by atoms with Crippen LogP contribution in [0.3, 0.4) is 0 Å². The normalized spacial score (nSPS) is 13.9. The minimum atomic E-state index is -5.15. The molecule has 0 radical (unpaired) electrons. The van der Waals surface area contributed by atoms with Gasteiger partial charge in [0, 0.05) is 11.1 Å². The first-order valence-electron chi connectivity index (χ1n) is 6.90. The number of fused-ring (bicyclic) bond motifs is 2. The van der Waals surface area contributed by atoms with Crippen LogP contribution < -0.4 is 0 Å². The van der Waals surface area contributed by atoms with E-state index in [1.807, 2.05) is 0 Å². The monoisotopic (exact) mass is 432 g/mol. The number of hydrogen-bond acceptors (Lipinski definition) is 10. The van der Waals surface area contributed by atoms with Crippen molar-refractivity contribution >= 4 is 31.8 Å². The molecule has 148 valence electrons. The molecule has 0 saturated carbocycles. The Kier molecular flexibility index (Phi) is 3.95. The van der Waals surface area contributed by atoms with E-state index in [4.69, 9.17) is 9.11 Å². The Labute approximate surface area is 155 Å². The SMILES string of the molecule is O=C1c2cc(S(=O)(=O)O)c(O)c(O)c2C(=O)c2c1cc(S(=O)(=O)O)c(O)c2O. The zero-order valence-electron chi connectivity index (χ0n) is 13.1. The standard InChI is InChI=1S/C14H8O12S2/c15-9-3-1-5(27(21,22)23)10(16)13(19)7(3)12(18)8-4(9)2-6(28(24,25)26)11(17)14(8)20/h1-2,16-17,19-20H,(H,21,22,23)(H,24,25,26). The second-order valence-corrected chi connectivity index (χ2v) is 8.38. The molecule has 0 fully saturated rings. The van der Waals surface area contributed by atoms with Crippen LogP contribution in [0.1, 0.15) is 31.8 Å². The van der Waals surface area contributed by atoms with Gasteiger partial charge in [-0.2, -0.15) is 16.8 Å². The van der Waals surface area contributed by atoms with Gasteiger partial charge in [0.25, 0.3) is 20.2 Å². The third kappa shape index (κ3) is 2.58. The maximum absolute atomic E-state index is 12.6. The first-order valence-corrected chi connectivity index (χ1v) is 9.78. The van der Waals surface area contributed by atoms with E-state index in [2.05, 4.69) is 0 Å². The van der Waals surface area contributed by atoms with Crippen LogP contribution in [0.25, 0.3) is 0 Å². The molecule has 3 rings (SSSR count). The first kappa shape index (κ1) is 19.6. The second kappa shape index (κ2) is 5.65. The van der Waals surface area contributed by atoms with Crippen molar-refractivity contribution in [3.05, 3.63) is 34.4 Å². The molecule has 28 heavy (non-hydrogen) atoms. The van der Waals surface area contributed by atoms with Crippen LogP contribution in [0, 0.1) is 0 Å². The van der Waals surface area contributed by atoms with Crippen molar-refractivity contribution in [1.29, 1.82) is 0 Å². The van der Waals surface area contributed by atoms with Crippen LogP contribution in [0.5, 0.6) is 23.0 Å². The van der Waals surface area contributed by atoms with Gasteiger partial charge >= 0.3 is 0 Å². The summed E-state index contributed by atoms with van der Waals surface area (Å²) in [6.45, 7) is 0. The molecule has 0 heterocycles. The van der Waals surface area contributed by atoms with Crippen molar-refractivity contribution in [2.45, 2.75) is 9.79 Å². The molecular weight excluding hydrogens is 424 g/mol. The first-order chi connectivity index (χ1) is 12.7. The van der Waals surface area contributed by atoms with Gasteiger partial charge in [0.1, 0.15) is 9.79 Å². The van der Waals surface area contributed by atoms with Gasteiger partial charge in [0.05, 0.1) is 11.1 Å². The number of hydrogen-bond donors (Lipinski definition) is 6. The summed E-state index contributed by atoms with van der Waals surface area (Å²) in [4.78, 5) is 22.6. The highest BCUT2D eigenvalue weighted by atomic mass is 32.2. The molecule has 1 aliphatic rings. The lowest BCUT2D eigenvalue weighted by Crippen LogP contribution is -2.23. The van der Waals surface area contributed by atoms with Crippen LogP contribution in [0.15, 0.2) is 21.9 Å². The quantitative estimate of drug-likeness (QED) is 0.228. The summed E-state index contributed by atoms with van der Waals surface area (Å²) in [5.74, 6) is -8.43. The van der Waals surface area contributed by atoms with Crippen LogP contribution in [0.2, 0.25) is 0 Å². The number of benzene rings is 2. The van der Waals surface area contributed by atoms with Gasteiger partial charge < -0.3 is 20.4 Å². The molecular formula is C14H8O12S2. The van der Waals surface area contributed by atoms with E-state index >= 15 is 0 Å². The van der Waals surface area contributed by atoms with Gasteiger partial charge in [-0.05, 0) is 12.1 Å². The Morgan fingerprint density at radius 3 is 1.18 bits per heavy atom. The van der Waals surface area contributed by atoms with Crippen LogP contribution in [-0.4, -0.2) is 57.9 Å². The Morgan fingerprint density at radius 1 is 0.571 bits per heavy atom. The van der Waals surface area contributed by atoms with E-state index in [0.29, 0.717) is 12.1 Å². The molecule has 0 aliphatic heterocycles. The third-order valence-corrected chi connectivity index (χ3v) is 5.71. The largest absolute Gasteiger partial charge is 0.504 e. The number of phenolic OH excluding ortho intramolecular Hbond substituents is 4. The zero-order valence-corrected chi connectivity index (χ0v) is 14.7. The Bertz CT molecular complexity index is 1220. The fourth-order valence-electron chi connectivity index (χ4n) is 2.75. The van der Waals surface area contributed by atoms with Gasteiger partial charge in [0.2, 0.25) is 5.78 Å². The van der Waals surface area contributed by atoms with Crippen molar-refractivity contribution in [3.63, 3.8) is 0 Å². The average molecular weight is 432 g/mol. The smallest absolute Gasteiger partial charge is 0.298 e.